The highest BCUT2D eigenvalue weighted by atomic mass is 16.5. The molecule has 0 N–H and O–H groups in total. The molecule has 0 spiro atoms. The number of hydrogen-bond acceptors (Lipinski definition) is 1. The third-order valence-corrected chi connectivity index (χ3v) is 6.01. The highest BCUT2D eigenvalue weighted by molar-refractivity contribution is 5.48. The number of fused-ring (bicyclic) bond motifs is 1. The summed E-state index contributed by atoms with van der Waals surface area (Å²) in [6.07, 6.45) is 7.47. The van der Waals surface area contributed by atoms with Gasteiger partial charge in [0.05, 0.1) is 6.26 Å². The molecule has 1 aromatic rings. The lowest BCUT2D eigenvalue weighted by Gasteiger charge is -2.44. The number of rotatable bonds is 0. The van der Waals surface area contributed by atoms with Crippen LogP contribution in [0.15, 0.2) is 48.8 Å². The minimum atomic E-state index is 0.257. The maximum absolute atomic E-state index is 4.80. The first kappa shape index (κ1) is 15.9. The molecule has 114 valence electrons. The van der Waals surface area contributed by atoms with Crippen LogP contribution < -0.4 is 0 Å². The van der Waals surface area contributed by atoms with E-state index in [-0.39, 0.29) is 10.8 Å². The van der Waals surface area contributed by atoms with Gasteiger partial charge >= 0.3 is 0 Å². The molecular formula is C20H28O. The normalized spacial score (nSPS) is 22.8. The highest BCUT2D eigenvalue weighted by Crippen LogP contribution is 2.61. The van der Waals surface area contributed by atoms with E-state index < -0.39 is 0 Å². The lowest BCUT2D eigenvalue weighted by Crippen LogP contribution is -2.42. The third-order valence-electron chi connectivity index (χ3n) is 6.01. The van der Waals surface area contributed by atoms with Gasteiger partial charge in [-0.3, -0.25) is 0 Å². The first-order valence-corrected chi connectivity index (χ1v) is 7.76. The number of benzene rings is 1. The SMILES string of the molecule is C1=CCOC=C1.CC1(C)c2ccccc2C(C)(C)C1(C)C. The first-order chi connectivity index (χ1) is 9.73. The number of hydrogen-bond donors (Lipinski definition) is 0. The second-order valence-electron chi connectivity index (χ2n) is 7.51. The van der Waals surface area contributed by atoms with Crippen LogP contribution in [0.25, 0.3) is 0 Å². The van der Waals surface area contributed by atoms with Crippen LogP contribution in [0.4, 0.5) is 0 Å². The van der Waals surface area contributed by atoms with Crippen LogP contribution in [0.3, 0.4) is 0 Å². The molecule has 1 aliphatic heterocycles. The second-order valence-corrected chi connectivity index (χ2v) is 7.51. The molecule has 0 aromatic heterocycles. The van der Waals surface area contributed by atoms with Crippen molar-refractivity contribution in [2.75, 3.05) is 6.61 Å². The highest BCUT2D eigenvalue weighted by Gasteiger charge is 2.56. The number of ether oxygens (including phenoxy) is 1. The second kappa shape index (κ2) is 5.36. The molecule has 2 aliphatic rings. The van der Waals surface area contributed by atoms with E-state index in [0.717, 1.165) is 6.61 Å². The van der Waals surface area contributed by atoms with Gasteiger partial charge in [-0.1, -0.05) is 71.9 Å². The van der Waals surface area contributed by atoms with Gasteiger partial charge in [-0.05, 0) is 39.5 Å². The van der Waals surface area contributed by atoms with Crippen LogP contribution in [0.2, 0.25) is 0 Å². The van der Waals surface area contributed by atoms with Crippen LogP contribution in [-0.4, -0.2) is 6.61 Å². The maximum Gasteiger partial charge on any atom is 0.106 e. The largest absolute Gasteiger partial charge is 0.497 e. The first-order valence-electron chi connectivity index (χ1n) is 7.76. The van der Waals surface area contributed by atoms with Gasteiger partial charge in [0.2, 0.25) is 0 Å². The van der Waals surface area contributed by atoms with E-state index in [4.69, 9.17) is 4.74 Å². The average molecular weight is 284 g/mol. The van der Waals surface area contributed by atoms with E-state index in [2.05, 4.69) is 65.8 Å². The fourth-order valence-electron chi connectivity index (χ4n) is 3.37. The minimum absolute atomic E-state index is 0.257. The lowest BCUT2D eigenvalue weighted by molar-refractivity contribution is 0.125. The summed E-state index contributed by atoms with van der Waals surface area (Å²) in [5, 5.41) is 0. The Morgan fingerprint density at radius 2 is 1.33 bits per heavy atom. The quantitative estimate of drug-likeness (QED) is 0.622. The summed E-state index contributed by atoms with van der Waals surface area (Å²) in [5.74, 6) is 0. The summed E-state index contributed by atoms with van der Waals surface area (Å²) in [4.78, 5) is 0. The Labute approximate surface area is 129 Å². The molecule has 0 bridgehead atoms. The van der Waals surface area contributed by atoms with Crippen molar-refractivity contribution in [1.29, 1.82) is 0 Å². The molecule has 1 aromatic carbocycles. The van der Waals surface area contributed by atoms with E-state index in [9.17, 15) is 0 Å². The monoisotopic (exact) mass is 284 g/mol. The predicted molar refractivity (Wildman–Crippen MR) is 90.5 cm³/mol. The summed E-state index contributed by atoms with van der Waals surface area (Å²) < 4.78 is 4.80. The van der Waals surface area contributed by atoms with Crippen LogP contribution in [0, 0.1) is 5.41 Å². The molecule has 1 aliphatic carbocycles. The molecule has 0 radical (unpaired) electrons. The van der Waals surface area contributed by atoms with Crippen molar-refractivity contribution in [2.45, 2.75) is 52.4 Å². The van der Waals surface area contributed by atoms with Crippen molar-refractivity contribution in [3.05, 3.63) is 59.9 Å². The molecule has 3 rings (SSSR count). The summed E-state index contributed by atoms with van der Waals surface area (Å²) in [6.45, 7) is 15.0. The minimum Gasteiger partial charge on any atom is -0.497 e. The van der Waals surface area contributed by atoms with Crippen LogP contribution in [-0.2, 0) is 15.6 Å². The van der Waals surface area contributed by atoms with Crippen LogP contribution in [0.5, 0.6) is 0 Å². The molecule has 0 saturated carbocycles. The molecular weight excluding hydrogens is 256 g/mol. The van der Waals surface area contributed by atoms with E-state index in [1.807, 2.05) is 18.2 Å². The molecule has 1 heterocycles. The molecule has 1 heteroatoms. The van der Waals surface area contributed by atoms with E-state index in [0.29, 0.717) is 5.41 Å². The zero-order chi connectivity index (χ0) is 15.7. The van der Waals surface area contributed by atoms with Gasteiger partial charge in [0, 0.05) is 0 Å². The van der Waals surface area contributed by atoms with E-state index >= 15 is 0 Å². The van der Waals surface area contributed by atoms with Gasteiger partial charge < -0.3 is 4.74 Å². The van der Waals surface area contributed by atoms with Gasteiger partial charge in [-0.15, -0.1) is 0 Å². The van der Waals surface area contributed by atoms with Crippen molar-refractivity contribution >= 4 is 0 Å². The maximum atomic E-state index is 4.80. The Balaban J connectivity index is 0.000000225. The standard InChI is InChI=1S/C15H22.C5H6O/c1-13(2)11-9-7-8-10-12(11)14(3,4)15(13,5)6;1-2-4-6-5-3-1/h7-10H,1-6H3;1-4H,5H2. The van der Waals surface area contributed by atoms with E-state index in [1.54, 1.807) is 6.26 Å². The summed E-state index contributed by atoms with van der Waals surface area (Å²) in [7, 11) is 0. The summed E-state index contributed by atoms with van der Waals surface area (Å²) in [5.41, 5.74) is 3.86. The predicted octanol–water partition coefficient (Wildman–Crippen LogP) is 5.37. The smallest absolute Gasteiger partial charge is 0.106 e. The Hall–Kier alpha value is -1.50. The topological polar surface area (TPSA) is 9.23 Å². The van der Waals surface area contributed by atoms with Crippen LogP contribution in [0.1, 0.15) is 52.7 Å². The Kier molecular flexibility index (Phi) is 4.06. The van der Waals surface area contributed by atoms with Crippen molar-refractivity contribution in [2.24, 2.45) is 5.41 Å². The van der Waals surface area contributed by atoms with Crippen molar-refractivity contribution < 1.29 is 4.74 Å². The third kappa shape index (κ3) is 2.43. The van der Waals surface area contributed by atoms with Gasteiger partial charge in [0.15, 0.2) is 0 Å². The Morgan fingerprint density at radius 3 is 1.62 bits per heavy atom. The lowest BCUT2D eigenvalue weighted by atomic mass is 9.59. The molecule has 0 unspecified atom stereocenters. The van der Waals surface area contributed by atoms with Gasteiger partial charge in [-0.25, -0.2) is 0 Å². The fourth-order valence-corrected chi connectivity index (χ4v) is 3.37. The van der Waals surface area contributed by atoms with Crippen molar-refractivity contribution in [3.63, 3.8) is 0 Å². The summed E-state index contributed by atoms with van der Waals surface area (Å²) in [6, 6.07) is 8.92. The molecule has 21 heavy (non-hydrogen) atoms. The molecule has 0 atom stereocenters. The number of allylic oxidation sites excluding steroid dienone is 2. The van der Waals surface area contributed by atoms with Crippen LogP contribution >= 0.6 is 0 Å². The van der Waals surface area contributed by atoms with Gasteiger partial charge in [0.1, 0.15) is 6.61 Å². The van der Waals surface area contributed by atoms with Crippen molar-refractivity contribution in [1.82, 2.24) is 0 Å². The molecule has 0 saturated heterocycles. The molecule has 0 amide bonds. The fraction of sp³-hybridized carbons (Fsp3) is 0.500. The zero-order valence-electron chi connectivity index (χ0n) is 14.2. The Morgan fingerprint density at radius 1 is 0.810 bits per heavy atom. The van der Waals surface area contributed by atoms with Gasteiger partial charge in [-0.2, -0.15) is 0 Å². The molecule has 1 nitrogen and oxygen atoms in total. The van der Waals surface area contributed by atoms with E-state index in [1.165, 1.54) is 11.1 Å². The van der Waals surface area contributed by atoms with Gasteiger partial charge in [0.25, 0.3) is 0 Å². The Bertz CT molecular complexity index is 510. The summed E-state index contributed by atoms with van der Waals surface area (Å²) >= 11 is 0. The van der Waals surface area contributed by atoms with Crippen molar-refractivity contribution in [3.8, 4) is 0 Å². The average Bonchev–Trinajstić information content (AvgIpc) is 2.58. The zero-order valence-corrected chi connectivity index (χ0v) is 14.2. The molecule has 0 fully saturated rings.